The van der Waals surface area contributed by atoms with E-state index in [1.807, 2.05) is 29.7 Å². The van der Waals surface area contributed by atoms with Crippen molar-refractivity contribution >= 4 is 17.9 Å². The third-order valence-electron chi connectivity index (χ3n) is 5.77. The van der Waals surface area contributed by atoms with Gasteiger partial charge in [0.25, 0.3) is 0 Å². The lowest BCUT2D eigenvalue weighted by molar-refractivity contribution is 0.174. The van der Waals surface area contributed by atoms with Crippen molar-refractivity contribution in [2.45, 2.75) is 38.7 Å². The van der Waals surface area contributed by atoms with Crippen LogP contribution in [0, 0.1) is 0 Å². The predicted octanol–water partition coefficient (Wildman–Crippen LogP) is 3.42. The summed E-state index contributed by atoms with van der Waals surface area (Å²) < 4.78 is 32.2. The van der Waals surface area contributed by atoms with Gasteiger partial charge in [0.15, 0.2) is 0 Å². The Bertz CT molecular complexity index is 1200. The first-order valence-electron chi connectivity index (χ1n) is 10.5. The number of carbonyl (C=O) groups is 1. The van der Waals surface area contributed by atoms with Gasteiger partial charge in [0.1, 0.15) is 49.1 Å². The molecule has 0 bridgehead atoms. The van der Waals surface area contributed by atoms with E-state index in [4.69, 9.17) is 14.2 Å². The molecule has 1 fully saturated rings. The quantitative estimate of drug-likeness (QED) is 0.604. The number of anilines is 2. The number of fused-ring (bicyclic) bond motifs is 3. The molecular weight excluding hydrogens is 431 g/mol. The van der Waals surface area contributed by atoms with Crippen LogP contribution < -0.4 is 19.7 Å². The first kappa shape index (κ1) is 21.0. The molecule has 2 aliphatic heterocycles. The molecule has 0 radical (unpaired) electrons. The molecule has 0 aliphatic carbocycles. The van der Waals surface area contributed by atoms with Crippen molar-refractivity contribution < 1.29 is 23.4 Å². The van der Waals surface area contributed by atoms with Crippen LogP contribution in [-0.4, -0.2) is 51.5 Å². The molecule has 33 heavy (non-hydrogen) atoms. The number of cyclic esters (lactones) is 1. The highest BCUT2D eigenvalue weighted by molar-refractivity contribution is 5.89. The number of amides is 1. The number of benzene rings is 1. The highest BCUT2D eigenvalue weighted by Crippen LogP contribution is 2.35. The summed E-state index contributed by atoms with van der Waals surface area (Å²) in [5.41, 5.74) is 2.56. The van der Waals surface area contributed by atoms with Gasteiger partial charge in [-0.15, -0.1) is 0 Å². The molecule has 1 aromatic carbocycles. The van der Waals surface area contributed by atoms with Gasteiger partial charge in [0, 0.05) is 12.3 Å². The van der Waals surface area contributed by atoms with Crippen LogP contribution in [0.3, 0.4) is 0 Å². The summed E-state index contributed by atoms with van der Waals surface area (Å²) >= 11 is 0. The zero-order valence-corrected chi connectivity index (χ0v) is 18.4. The van der Waals surface area contributed by atoms with E-state index in [9.17, 15) is 9.18 Å². The summed E-state index contributed by atoms with van der Waals surface area (Å²) in [7, 11) is 1.61. The van der Waals surface area contributed by atoms with Crippen molar-refractivity contribution in [2.75, 3.05) is 23.9 Å². The zero-order chi connectivity index (χ0) is 23.1. The normalized spacial score (nSPS) is 18.6. The third-order valence-corrected chi connectivity index (χ3v) is 5.77. The average molecular weight is 454 g/mol. The number of carbonyl (C=O) groups excluding carboxylic acids is 1. The second-order valence-electron chi connectivity index (χ2n) is 7.87. The molecule has 0 spiro atoms. The van der Waals surface area contributed by atoms with Crippen LogP contribution in [0.25, 0.3) is 5.69 Å². The number of ether oxygens (including phenoxy) is 3. The molecule has 5 rings (SSSR count). The Morgan fingerprint density at radius 1 is 1.24 bits per heavy atom. The third kappa shape index (κ3) is 3.69. The van der Waals surface area contributed by atoms with Crippen LogP contribution in [0.1, 0.15) is 31.3 Å². The van der Waals surface area contributed by atoms with Crippen LogP contribution in [0.5, 0.6) is 11.5 Å². The molecule has 1 amide bonds. The first-order valence-corrected chi connectivity index (χ1v) is 10.5. The van der Waals surface area contributed by atoms with Gasteiger partial charge in [-0.05, 0) is 32.0 Å². The number of halogens is 1. The topological polar surface area (TPSA) is 104 Å². The Morgan fingerprint density at radius 2 is 2.09 bits per heavy atom. The zero-order valence-electron chi connectivity index (χ0n) is 18.4. The Hall–Kier alpha value is -3.89. The Kier molecular flexibility index (Phi) is 5.23. The fourth-order valence-corrected chi connectivity index (χ4v) is 4.03. The molecule has 1 saturated heterocycles. The maximum Gasteiger partial charge on any atom is 0.416 e. The van der Waals surface area contributed by atoms with Crippen LogP contribution in [0.4, 0.5) is 21.0 Å². The molecule has 1 N–H and O–H groups in total. The fraction of sp³-hybridized carbons (Fsp3) is 0.364. The van der Waals surface area contributed by atoms with Crippen molar-refractivity contribution in [2.24, 2.45) is 0 Å². The van der Waals surface area contributed by atoms with Gasteiger partial charge >= 0.3 is 6.09 Å². The molecule has 4 heterocycles. The summed E-state index contributed by atoms with van der Waals surface area (Å²) in [6, 6.07) is 6.19. The summed E-state index contributed by atoms with van der Waals surface area (Å²) in [4.78, 5) is 26.6. The van der Waals surface area contributed by atoms with Crippen LogP contribution in [-0.2, 0) is 11.3 Å². The SMILES string of the molecule is COc1ccc2c(c1)OCc1c([C@H](C)Nc3nccc(N4C(=O)OC[C@@H]4[C@H](C)F)n3)ncn1-2. The standard InChI is InChI=1S/C22H23FN6O4/c1-12(23)16-9-33-22(30)29(16)19-6-7-24-21(27-19)26-13(2)20-17-10-32-18-8-14(31-3)4-5-15(18)28(17)11-25-20/h4-8,11-13,16H,9-10H2,1-3H3,(H,24,26,27)/t12-,13-,16+/m0/s1. The average Bonchev–Trinajstić information content (AvgIpc) is 3.42. The number of rotatable bonds is 6. The molecule has 0 saturated carbocycles. The number of imidazole rings is 1. The van der Waals surface area contributed by atoms with E-state index in [-0.39, 0.29) is 24.4 Å². The minimum atomic E-state index is -1.26. The maximum atomic E-state index is 14.0. The van der Waals surface area contributed by atoms with Crippen molar-refractivity contribution in [1.29, 1.82) is 0 Å². The van der Waals surface area contributed by atoms with Gasteiger partial charge < -0.3 is 19.5 Å². The molecule has 2 aromatic heterocycles. The van der Waals surface area contributed by atoms with E-state index in [1.54, 1.807) is 19.5 Å². The lowest BCUT2D eigenvalue weighted by Crippen LogP contribution is -2.39. The van der Waals surface area contributed by atoms with E-state index in [1.165, 1.54) is 18.0 Å². The lowest BCUT2D eigenvalue weighted by atomic mass is 10.1. The maximum absolute atomic E-state index is 14.0. The minimum Gasteiger partial charge on any atom is -0.497 e. The van der Waals surface area contributed by atoms with Crippen molar-refractivity contribution in [3.63, 3.8) is 0 Å². The van der Waals surface area contributed by atoms with Crippen molar-refractivity contribution in [1.82, 2.24) is 19.5 Å². The molecular formula is C22H23FN6O4. The van der Waals surface area contributed by atoms with Crippen molar-refractivity contribution in [3.8, 4) is 17.2 Å². The van der Waals surface area contributed by atoms with Gasteiger partial charge in [0.2, 0.25) is 5.95 Å². The second-order valence-corrected chi connectivity index (χ2v) is 7.87. The van der Waals surface area contributed by atoms with E-state index < -0.39 is 18.3 Å². The first-order chi connectivity index (χ1) is 16.0. The molecule has 10 nitrogen and oxygen atoms in total. The van der Waals surface area contributed by atoms with E-state index in [0.29, 0.717) is 6.61 Å². The molecule has 0 unspecified atom stereocenters. The molecule has 172 valence electrons. The van der Waals surface area contributed by atoms with Gasteiger partial charge in [-0.3, -0.25) is 9.47 Å². The molecule has 3 atom stereocenters. The monoisotopic (exact) mass is 454 g/mol. The minimum absolute atomic E-state index is 0.0200. The van der Waals surface area contributed by atoms with Gasteiger partial charge in [-0.2, -0.15) is 4.98 Å². The number of aromatic nitrogens is 4. The van der Waals surface area contributed by atoms with E-state index in [2.05, 4.69) is 20.3 Å². The Labute approximate surface area is 189 Å². The Balaban J connectivity index is 1.38. The second kappa shape index (κ2) is 8.23. The van der Waals surface area contributed by atoms with Crippen LogP contribution in [0.15, 0.2) is 36.8 Å². The predicted molar refractivity (Wildman–Crippen MR) is 117 cm³/mol. The van der Waals surface area contributed by atoms with Crippen LogP contribution >= 0.6 is 0 Å². The number of methoxy groups -OCH3 is 1. The smallest absolute Gasteiger partial charge is 0.416 e. The number of nitrogens with zero attached hydrogens (tertiary/aromatic N) is 5. The van der Waals surface area contributed by atoms with Gasteiger partial charge in [-0.25, -0.2) is 19.2 Å². The summed E-state index contributed by atoms with van der Waals surface area (Å²) in [5.74, 6) is 2.00. The lowest BCUT2D eigenvalue weighted by Gasteiger charge is -2.23. The highest BCUT2D eigenvalue weighted by Gasteiger charge is 2.39. The summed E-state index contributed by atoms with van der Waals surface area (Å²) in [6.45, 7) is 3.64. The largest absolute Gasteiger partial charge is 0.497 e. The highest BCUT2D eigenvalue weighted by atomic mass is 19.1. The number of alkyl halides is 1. The number of hydrogen-bond donors (Lipinski definition) is 1. The number of hydrogen-bond acceptors (Lipinski definition) is 8. The van der Waals surface area contributed by atoms with E-state index in [0.717, 1.165) is 28.6 Å². The van der Waals surface area contributed by atoms with Gasteiger partial charge in [-0.1, -0.05) is 0 Å². The summed E-state index contributed by atoms with van der Waals surface area (Å²) in [6.07, 6.45) is 1.37. The number of nitrogens with one attached hydrogen (secondary N) is 1. The van der Waals surface area contributed by atoms with Crippen LogP contribution in [0.2, 0.25) is 0 Å². The van der Waals surface area contributed by atoms with Crippen molar-refractivity contribution in [3.05, 3.63) is 48.2 Å². The fourth-order valence-electron chi connectivity index (χ4n) is 4.03. The molecule has 3 aromatic rings. The van der Waals surface area contributed by atoms with Gasteiger partial charge in [0.05, 0.1) is 30.2 Å². The Morgan fingerprint density at radius 3 is 2.88 bits per heavy atom. The van der Waals surface area contributed by atoms with E-state index >= 15 is 0 Å². The summed E-state index contributed by atoms with van der Waals surface area (Å²) in [5, 5.41) is 3.21. The molecule has 11 heteroatoms. The molecule has 2 aliphatic rings.